The third kappa shape index (κ3) is 6.95. The van der Waals surface area contributed by atoms with Crippen LogP contribution in [0, 0.1) is 29.2 Å². The summed E-state index contributed by atoms with van der Waals surface area (Å²) in [5.41, 5.74) is 0.0673. The van der Waals surface area contributed by atoms with E-state index in [-0.39, 0.29) is 25.1 Å². The predicted molar refractivity (Wildman–Crippen MR) is 122 cm³/mol. The Morgan fingerprint density at radius 3 is 2.36 bits per heavy atom. The summed E-state index contributed by atoms with van der Waals surface area (Å²) in [6.45, 7) is -1.77. The number of aromatic nitrogens is 1. The largest absolute Gasteiger partial charge is 0.487 e. The van der Waals surface area contributed by atoms with Crippen molar-refractivity contribution in [2.45, 2.75) is 29.5 Å². The van der Waals surface area contributed by atoms with Crippen molar-refractivity contribution >= 4 is 15.8 Å². The minimum atomic E-state index is -4.76. The molecule has 1 aliphatic heterocycles. The van der Waals surface area contributed by atoms with Crippen molar-refractivity contribution in [3.05, 3.63) is 83.3 Å². The van der Waals surface area contributed by atoms with Crippen LogP contribution in [0.5, 0.6) is 5.75 Å². The highest BCUT2D eigenvalue weighted by Crippen LogP contribution is 2.35. The van der Waals surface area contributed by atoms with Crippen LogP contribution >= 0.6 is 0 Å². The molecule has 0 amide bonds. The van der Waals surface area contributed by atoms with Gasteiger partial charge in [-0.15, -0.1) is 0 Å². The lowest BCUT2D eigenvalue weighted by Crippen LogP contribution is -2.47. The number of nitrogens with one attached hydrogen (secondary N) is 1. The highest BCUT2D eigenvalue weighted by molar-refractivity contribution is 7.92. The maximum absolute atomic E-state index is 14.9. The van der Waals surface area contributed by atoms with Crippen molar-refractivity contribution < 1.29 is 48.3 Å². The fourth-order valence-corrected chi connectivity index (χ4v) is 5.30. The summed E-state index contributed by atoms with van der Waals surface area (Å²) in [5.74, 6) is -8.50. The summed E-state index contributed by atoms with van der Waals surface area (Å²) in [5, 5.41) is 0. The lowest BCUT2D eigenvalue weighted by atomic mass is 9.87. The van der Waals surface area contributed by atoms with Crippen molar-refractivity contribution in [2.75, 3.05) is 24.4 Å². The van der Waals surface area contributed by atoms with Crippen LogP contribution in [0.25, 0.3) is 0 Å². The van der Waals surface area contributed by atoms with Gasteiger partial charge in [-0.05, 0) is 36.2 Å². The van der Waals surface area contributed by atoms with Crippen LogP contribution in [0.15, 0.2) is 53.4 Å². The monoisotopic (exact) mass is 581 g/mol. The number of likely N-dealkylation sites (tertiary alicyclic amines) is 1. The van der Waals surface area contributed by atoms with Crippen LogP contribution in [0.3, 0.4) is 0 Å². The first-order valence-electron chi connectivity index (χ1n) is 11.3. The summed E-state index contributed by atoms with van der Waals surface area (Å²) in [6, 6.07) is 6.62. The maximum Gasteiger partial charge on any atom is 0.401 e. The molecule has 210 valence electrons. The van der Waals surface area contributed by atoms with Crippen LogP contribution in [-0.2, 0) is 10.0 Å². The number of hydrogen-bond acceptors (Lipinski definition) is 5. The molecule has 2 heterocycles. The zero-order valence-electron chi connectivity index (χ0n) is 19.7. The summed E-state index contributed by atoms with van der Waals surface area (Å²) in [6.07, 6.45) is -5.78. The van der Waals surface area contributed by atoms with E-state index in [1.54, 1.807) is 0 Å². The third-order valence-electron chi connectivity index (χ3n) is 5.92. The fraction of sp³-hybridized carbons (Fsp3) is 0.292. The van der Waals surface area contributed by atoms with Gasteiger partial charge in [0.05, 0.1) is 6.54 Å². The van der Waals surface area contributed by atoms with Gasteiger partial charge in [0, 0.05) is 31.1 Å². The maximum atomic E-state index is 14.9. The van der Waals surface area contributed by atoms with Gasteiger partial charge in [0.25, 0.3) is 10.0 Å². The number of sulfonamides is 1. The molecule has 1 aromatic heterocycles. The van der Waals surface area contributed by atoms with Crippen molar-refractivity contribution in [1.29, 1.82) is 0 Å². The number of alkyl halides is 3. The SMILES string of the molecule is O=S(=O)(Nc1cccc(F)n1)c1cc(F)c(O[C@H]2CCN(CC(F)(F)F)C[C@@H]2c2ccc(F)c(F)c2)cc1F. The van der Waals surface area contributed by atoms with E-state index in [2.05, 4.69) is 4.98 Å². The number of nitrogens with zero attached hydrogens (tertiary/aromatic N) is 2. The Bertz CT molecular complexity index is 1470. The van der Waals surface area contributed by atoms with Gasteiger partial charge >= 0.3 is 6.18 Å². The van der Waals surface area contributed by atoms with Crippen molar-refractivity contribution in [3.63, 3.8) is 0 Å². The van der Waals surface area contributed by atoms with E-state index >= 15 is 0 Å². The molecular formula is C24H19F8N3O3S. The highest BCUT2D eigenvalue weighted by atomic mass is 32.2. The minimum absolute atomic E-state index is 0.0673. The molecular weight excluding hydrogens is 562 g/mol. The Morgan fingerprint density at radius 2 is 1.69 bits per heavy atom. The summed E-state index contributed by atoms with van der Waals surface area (Å²) in [7, 11) is -4.76. The number of ether oxygens (including phenoxy) is 1. The summed E-state index contributed by atoms with van der Waals surface area (Å²) >= 11 is 0. The van der Waals surface area contributed by atoms with Gasteiger partial charge in [0.2, 0.25) is 5.95 Å². The van der Waals surface area contributed by atoms with E-state index in [0.29, 0.717) is 12.1 Å². The van der Waals surface area contributed by atoms with Gasteiger partial charge in [0.1, 0.15) is 22.6 Å². The van der Waals surface area contributed by atoms with Crippen LogP contribution in [-0.4, -0.2) is 50.2 Å². The van der Waals surface area contributed by atoms with E-state index < -0.39 is 80.4 Å². The summed E-state index contributed by atoms with van der Waals surface area (Å²) < 4.78 is 142. The summed E-state index contributed by atoms with van der Waals surface area (Å²) in [4.78, 5) is 3.16. The number of halogens is 8. The predicted octanol–water partition coefficient (Wildman–Crippen LogP) is 5.38. The Labute approximate surface area is 217 Å². The topological polar surface area (TPSA) is 71.5 Å². The van der Waals surface area contributed by atoms with Crippen LogP contribution in [0.1, 0.15) is 17.9 Å². The number of anilines is 1. The van der Waals surface area contributed by atoms with E-state index in [1.807, 2.05) is 4.72 Å². The number of benzene rings is 2. The van der Waals surface area contributed by atoms with Gasteiger partial charge in [-0.3, -0.25) is 9.62 Å². The molecule has 0 aliphatic carbocycles. The number of pyridine rings is 1. The molecule has 1 fully saturated rings. The molecule has 3 aromatic rings. The lowest BCUT2D eigenvalue weighted by molar-refractivity contribution is -0.150. The number of piperidine rings is 1. The number of hydrogen-bond donors (Lipinski definition) is 1. The second-order valence-corrected chi connectivity index (χ2v) is 10.4. The first kappa shape index (κ1) is 28.5. The zero-order valence-corrected chi connectivity index (χ0v) is 20.5. The Kier molecular flexibility index (Phi) is 8.02. The van der Waals surface area contributed by atoms with Crippen molar-refractivity contribution in [3.8, 4) is 5.75 Å². The first-order valence-corrected chi connectivity index (χ1v) is 12.8. The van der Waals surface area contributed by atoms with E-state index in [0.717, 1.165) is 41.3 Å². The molecule has 39 heavy (non-hydrogen) atoms. The Hall–Kier alpha value is -3.46. The molecule has 0 radical (unpaired) electrons. The molecule has 6 nitrogen and oxygen atoms in total. The van der Waals surface area contributed by atoms with Crippen molar-refractivity contribution in [2.24, 2.45) is 0 Å². The normalized spacial score (nSPS) is 18.7. The molecule has 0 saturated carbocycles. The van der Waals surface area contributed by atoms with E-state index in [9.17, 15) is 43.5 Å². The smallest absolute Gasteiger partial charge is 0.401 e. The first-order chi connectivity index (χ1) is 18.2. The van der Waals surface area contributed by atoms with E-state index in [4.69, 9.17) is 4.74 Å². The van der Waals surface area contributed by atoms with Crippen molar-refractivity contribution in [1.82, 2.24) is 9.88 Å². The quantitative estimate of drug-likeness (QED) is 0.300. The van der Waals surface area contributed by atoms with Crippen LogP contribution in [0.2, 0.25) is 0 Å². The molecule has 2 aromatic carbocycles. The van der Waals surface area contributed by atoms with Crippen LogP contribution < -0.4 is 9.46 Å². The molecule has 0 bridgehead atoms. The van der Waals surface area contributed by atoms with Crippen LogP contribution in [0.4, 0.5) is 40.9 Å². The second kappa shape index (κ2) is 11.0. The number of rotatable bonds is 7. The second-order valence-electron chi connectivity index (χ2n) is 8.74. The fourth-order valence-electron chi connectivity index (χ4n) is 4.23. The lowest BCUT2D eigenvalue weighted by Gasteiger charge is -2.39. The molecule has 4 rings (SSSR count). The molecule has 0 spiro atoms. The molecule has 2 atom stereocenters. The average Bonchev–Trinajstić information content (AvgIpc) is 2.82. The molecule has 0 unspecified atom stereocenters. The molecule has 1 saturated heterocycles. The van der Waals surface area contributed by atoms with Gasteiger partial charge in [-0.2, -0.15) is 17.6 Å². The van der Waals surface area contributed by atoms with Gasteiger partial charge in [-0.1, -0.05) is 12.1 Å². The standard InChI is InChI=1S/C24H19F8N3O3S/c25-15-5-4-13(8-16(15)26)14-11-35(12-24(30,31)32)7-6-19(14)38-20-9-18(28)21(10-17(20)27)39(36,37)34-23-3-1-2-22(29)33-23/h1-5,8-10,14,19H,6-7,11-12H2,(H,33,34)/t14-,19+/m1/s1. The average molecular weight is 581 g/mol. The minimum Gasteiger partial charge on any atom is -0.487 e. The third-order valence-corrected chi connectivity index (χ3v) is 7.29. The molecule has 1 aliphatic rings. The Balaban J connectivity index is 1.61. The van der Waals surface area contributed by atoms with Gasteiger partial charge < -0.3 is 4.74 Å². The van der Waals surface area contributed by atoms with Gasteiger partial charge in [-0.25, -0.2) is 31.0 Å². The highest BCUT2D eigenvalue weighted by Gasteiger charge is 2.38. The zero-order chi connectivity index (χ0) is 28.5. The Morgan fingerprint density at radius 1 is 0.949 bits per heavy atom. The molecule has 15 heteroatoms. The van der Waals surface area contributed by atoms with E-state index in [1.165, 1.54) is 0 Å². The van der Waals surface area contributed by atoms with Gasteiger partial charge in [0.15, 0.2) is 23.2 Å². The molecule has 1 N–H and O–H groups in total.